The molecule has 3 heterocycles. The van der Waals surface area contributed by atoms with Crippen molar-refractivity contribution in [1.29, 1.82) is 0 Å². The Hall–Kier alpha value is -2.72. The topological polar surface area (TPSA) is 95.6 Å². The number of nitrogens with one attached hydrogen (secondary N) is 2. The number of hydrogen-bond donors (Lipinski definition) is 2. The second kappa shape index (κ2) is 8.57. The zero-order valence-electron chi connectivity index (χ0n) is 17.3. The Morgan fingerprint density at radius 2 is 1.82 bits per heavy atom. The third kappa shape index (κ3) is 4.29. The molecule has 0 radical (unpaired) electrons. The van der Waals surface area contributed by atoms with E-state index < -0.39 is 22.1 Å². The maximum atomic E-state index is 13.4. The van der Waals surface area contributed by atoms with Gasteiger partial charge in [-0.3, -0.25) is 9.59 Å². The van der Waals surface area contributed by atoms with E-state index in [1.165, 1.54) is 0 Å². The van der Waals surface area contributed by atoms with Crippen molar-refractivity contribution in [2.45, 2.75) is 29.1 Å². The van der Waals surface area contributed by atoms with E-state index in [2.05, 4.69) is 10.0 Å². The van der Waals surface area contributed by atoms with Crippen LogP contribution >= 0.6 is 22.9 Å². The quantitative estimate of drug-likeness (QED) is 0.565. The van der Waals surface area contributed by atoms with Gasteiger partial charge in [-0.15, -0.1) is 11.3 Å². The van der Waals surface area contributed by atoms with Gasteiger partial charge in [0.05, 0.1) is 11.3 Å². The Morgan fingerprint density at radius 1 is 1.06 bits per heavy atom. The first kappa shape index (κ1) is 22.1. The van der Waals surface area contributed by atoms with Gasteiger partial charge in [-0.05, 0) is 59.7 Å². The first-order valence-corrected chi connectivity index (χ1v) is 13.1. The highest BCUT2D eigenvalue weighted by Gasteiger charge is 2.41. The predicted octanol–water partition coefficient (Wildman–Crippen LogP) is 3.97. The van der Waals surface area contributed by atoms with Gasteiger partial charge in [0, 0.05) is 17.6 Å². The molecule has 2 aliphatic heterocycles. The highest BCUT2D eigenvalue weighted by atomic mass is 35.5. The summed E-state index contributed by atoms with van der Waals surface area (Å²) >= 11 is 7.12. The average molecular weight is 502 g/mol. The normalized spacial score (nSPS) is 20.6. The Morgan fingerprint density at radius 3 is 2.55 bits per heavy atom. The molecule has 2 aliphatic rings. The van der Waals surface area contributed by atoms with Gasteiger partial charge < -0.3 is 10.2 Å². The van der Waals surface area contributed by atoms with Crippen LogP contribution < -0.4 is 10.0 Å². The lowest BCUT2D eigenvalue weighted by Crippen LogP contribution is -2.54. The van der Waals surface area contributed by atoms with E-state index in [-0.39, 0.29) is 29.0 Å². The van der Waals surface area contributed by atoms with Crippen LogP contribution in [-0.2, 0) is 14.8 Å². The molecule has 1 saturated heterocycles. The fourth-order valence-corrected chi connectivity index (χ4v) is 6.70. The molecule has 0 spiro atoms. The van der Waals surface area contributed by atoms with Crippen molar-refractivity contribution in [3.8, 4) is 11.1 Å². The molecule has 2 N–H and O–H groups in total. The third-order valence-corrected chi connectivity index (χ3v) is 9.10. The summed E-state index contributed by atoms with van der Waals surface area (Å²) in [6, 6.07) is 14.7. The zero-order valence-corrected chi connectivity index (χ0v) is 19.7. The van der Waals surface area contributed by atoms with E-state index in [4.69, 9.17) is 11.6 Å². The molecule has 2 amide bonds. The van der Waals surface area contributed by atoms with Crippen LogP contribution in [0.5, 0.6) is 0 Å². The molecule has 2 atom stereocenters. The number of thiophene rings is 1. The van der Waals surface area contributed by atoms with Gasteiger partial charge in [0.1, 0.15) is 10.3 Å². The van der Waals surface area contributed by atoms with Crippen molar-refractivity contribution < 1.29 is 18.0 Å². The molecule has 1 aromatic heterocycles. The number of benzene rings is 2. The maximum Gasteiger partial charge on any atom is 0.256 e. The van der Waals surface area contributed by atoms with Crippen LogP contribution in [0, 0.1) is 0 Å². The van der Waals surface area contributed by atoms with E-state index >= 15 is 0 Å². The summed E-state index contributed by atoms with van der Waals surface area (Å²) in [5.74, 6) is -0.565. The van der Waals surface area contributed by atoms with Crippen LogP contribution in [0.15, 0.2) is 64.2 Å². The average Bonchev–Trinajstić information content (AvgIpc) is 3.32. The number of carbonyl (C=O) groups excluding carboxylic acids is 2. The summed E-state index contributed by atoms with van der Waals surface area (Å²) in [5, 5.41) is 5.17. The summed E-state index contributed by atoms with van der Waals surface area (Å²) < 4.78 is 28.2. The Labute approximate surface area is 200 Å². The number of halogens is 1. The standard InChI is InChI=1S/C23H20ClN3O4S2/c24-16-6-3-14(4-7-16)15-5-8-19-18(12-15)23(29)27-10-9-17(13-20(27)22(28)25-19)26-33(30,31)21-2-1-11-32-21/h1-8,11-12,17,20,26H,9-10,13H2,(H,25,28)/t17-,20+/m1/s1. The van der Waals surface area contributed by atoms with E-state index in [0.29, 0.717) is 22.7 Å². The van der Waals surface area contributed by atoms with Crippen LogP contribution in [0.1, 0.15) is 23.2 Å². The molecule has 3 aromatic rings. The number of anilines is 1. The molecule has 10 heteroatoms. The summed E-state index contributed by atoms with van der Waals surface area (Å²) in [6.07, 6.45) is 0.631. The van der Waals surface area contributed by atoms with E-state index in [0.717, 1.165) is 22.5 Å². The van der Waals surface area contributed by atoms with Crippen molar-refractivity contribution in [2.75, 3.05) is 11.9 Å². The van der Waals surface area contributed by atoms with Crippen LogP contribution in [0.2, 0.25) is 5.02 Å². The maximum absolute atomic E-state index is 13.4. The van der Waals surface area contributed by atoms with Crippen molar-refractivity contribution in [3.63, 3.8) is 0 Å². The molecule has 0 aliphatic carbocycles. The van der Waals surface area contributed by atoms with Gasteiger partial charge in [-0.2, -0.15) is 0 Å². The lowest BCUT2D eigenvalue weighted by molar-refractivity contribution is -0.121. The number of carbonyl (C=O) groups is 2. The smallest absolute Gasteiger partial charge is 0.256 e. The molecular weight excluding hydrogens is 482 g/mol. The van der Waals surface area contributed by atoms with Gasteiger partial charge in [-0.1, -0.05) is 35.9 Å². The highest BCUT2D eigenvalue weighted by molar-refractivity contribution is 7.91. The number of piperidine rings is 1. The van der Waals surface area contributed by atoms with E-state index in [1.807, 2.05) is 18.2 Å². The minimum Gasteiger partial charge on any atom is -0.326 e. The van der Waals surface area contributed by atoms with Crippen LogP contribution in [0.3, 0.4) is 0 Å². The number of nitrogens with zero attached hydrogens (tertiary/aromatic N) is 1. The lowest BCUT2D eigenvalue weighted by atomic mass is 9.96. The summed E-state index contributed by atoms with van der Waals surface area (Å²) in [6.45, 7) is 0.277. The second-order valence-electron chi connectivity index (χ2n) is 8.05. The molecule has 5 rings (SSSR count). The molecular formula is C23H20ClN3O4S2. The minimum atomic E-state index is -3.66. The molecule has 1 fully saturated rings. The first-order valence-electron chi connectivity index (χ1n) is 10.4. The number of hydrogen-bond acceptors (Lipinski definition) is 5. The molecule has 2 aromatic carbocycles. The van der Waals surface area contributed by atoms with Gasteiger partial charge in [-0.25, -0.2) is 13.1 Å². The Bertz CT molecular complexity index is 1320. The van der Waals surface area contributed by atoms with Gasteiger partial charge in [0.25, 0.3) is 5.91 Å². The summed E-state index contributed by atoms with van der Waals surface area (Å²) in [7, 11) is -3.66. The van der Waals surface area contributed by atoms with E-state index in [1.54, 1.807) is 46.7 Å². The number of rotatable bonds is 4. The molecule has 33 heavy (non-hydrogen) atoms. The van der Waals surface area contributed by atoms with Crippen molar-refractivity contribution in [2.24, 2.45) is 0 Å². The largest absolute Gasteiger partial charge is 0.326 e. The number of amides is 2. The van der Waals surface area contributed by atoms with Crippen LogP contribution in [-0.4, -0.2) is 43.8 Å². The molecule has 0 saturated carbocycles. The Balaban J connectivity index is 1.40. The third-order valence-electron chi connectivity index (χ3n) is 5.93. The zero-order chi connectivity index (χ0) is 23.2. The molecule has 0 bridgehead atoms. The monoisotopic (exact) mass is 501 g/mol. The second-order valence-corrected chi connectivity index (χ2v) is 11.4. The Kier molecular flexibility index (Phi) is 5.74. The SMILES string of the molecule is O=C1Nc2ccc(-c3ccc(Cl)cc3)cc2C(=O)N2CC[C@@H](NS(=O)(=O)c3cccs3)C[C@@H]12. The summed E-state index contributed by atoms with van der Waals surface area (Å²) in [4.78, 5) is 27.9. The molecule has 0 unspecified atom stereocenters. The molecule has 170 valence electrons. The first-order chi connectivity index (χ1) is 15.8. The number of fused-ring (bicyclic) bond motifs is 2. The minimum absolute atomic E-state index is 0.209. The van der Waals surface area contributed by atoms with Crippen LogP contribution in [0.4, 0.5) is 5.69 Å². The summed E-state index contributed by atoms with van der Waals surface area (Å²) in [5.41, 5.74) is 2.61. The number of sulfonamides is 1. The predicted molar refractivity (Wildman–Crippen MR) is 128 cm³/mol. The fraction of sp³-hybridized carbons (Fsp3) is 0.217. The van der Waals surface area contributed by atoms with Crippen molar-refractivity contribution in [3.05, 3.63) is 70.6 Å². The van der Waals surface area contributed by atoms with Crippen molar-refractivity contribution in [1.82, 2.24) is 9.62 Å². The van der Waals surface area contributed by atoms with Gasteiger partial charge in [0.2, 0.25) is 15.9 Å². The fourth-order valence-electron chi connectivity index (χ4n) is 4.28. The van der Waals surface area contributed by atoms with E-state index in [9.17, 15) is 18.0 Å². The van der Waals surface area contributed by atoms with Crippen molar-refractivity contribution >= 4 is 50.5 Å². The highest BCUT2D eigenvalue weighted by Crippen LogP contribution is 2.32. The lowest BCUT2D eigenvalue weighted by Gasteiger charge is -2.37. The van der Waals surface area contributed by atoms with Gasteiger partial charge in [0.15, 0.2) is 0 Å². The molecule has 7 nitrogen and oxygen atoms in total. The van der Waals surface area contributed by atoms with Gasteiger partial charge >= 0.3 is 0 Å². The van der Waals surface area contributed by atoms with Crippen LogP contribution in [0.25, 0.3) is 11.1 Å².